The van der Waals surface area contributed by atoms with Gasteiger partial charge in [-0.05, 0) is 13.8 Å². The van der Waals surface area contributed by atoms with Gasteiger partial charge in [-0.1, -0.05) is 0 Å². The Morgan fingerprint density at radius 3 is 2.42 bits per heavy atom. The van der Waals surface area contributed by atoms with Crippen LogP contribution in [0.5, 0.6) is 0 Å². The van der Waals surface area contributed by atoms with Crippen LogP contribution in [0, 0.1) is 5.92 Å². The molecule has 0 aromatic rings. The number of ether oxygens (including phenoxy) is 1. The zero-order chi connectivity index (χ0) is 9.30. The van der Waals surface area contributed by atoms with Gasteiger partial charge in [0.25, 0.3) is 0 Å². The molecule has 1 rings (SSSR count). The van der Waals surface area contributed by atoms with Crippen molar-refractivity contribution in [1.82, 2.24) is 0 Å². The lowest BCUT2D eigenvalue weighted by Gasteiger charge is -2.37. The van der Waals surface area contributed by atoms with Gasteiger partial charge in [-0.25, -0.2) is 0 Å². The van der Waals surface area contributed by atoms with Crippen molar-refractivity contribution in [2.75, 3.05) is 0 Å². The Labute approximate surface area is 71.8 Å². The maximum atomic E-state index is 9.48. The van der Waals surface area contributed by atoms with Gasteiger partial charge in [0.1, 0.15) is 0 Å². The largest absolute Gasteiger partial charge is 0.393 e. The summed E-state index contributed by atoms with van der Waals surface area (Å²) in [7, 11) is 0. The van der Waals surface area contributed by atoms with Gasteiger partial charge in [-0.2, -0.15) is 0 Å². The van der Waals surface area contributed by atoms with Crippen molar-refractivity contribution >= 4 is 0 Å². The Balaban J connectivity index is 2.60. The zero-order valence-electron chi connectivity index (χ0n) is 7.34. The highest BCUT2D eigenvalue weighted by Gasteiger charge is 2.37. The number of rotatable bonds is 1. The molecule has 1 heterocycles. The minimum atomic E-state index is -0.898. The lowest BCUT2D eigenvalue weighted by molar-refractivity contribution is -0.222. The van der Waals surface area contributed by atoms with E-state index in [-0.39, 0.29) is 18.4 Å². The molecule has 0 aromatic carbocycles. The molecule has 1 aliphatic heterocycles. The van der Waals surface area contributed by atoms with E-state index in [0.717, 1.165) is 0 Å². The summed E-state index contributed by atoms with van der Waals surface area (Å²) < 4.78 is 5.07. The Morgan fingerprint density at radius 2 is 2.00 bits per heavy atom. The minimum absolute atomic E-state index is 0.180. The molecular formula is C8H16O4. The molecule has 0 bridgehead atoms. The number of hydrogen-bond donors (Lipinski definition) is 3. The highest BCUT2D eigenvalue weighted by Crippen LogP contribution is 2.26. The molecule has 0 aliphatic carbocycles. The van der Waals surface area contributed by atoms with Gasteiger partial charge in [-0.15, -0.1) is 0 Å². The number of hydrogen-bond acceptors (Lipinski definition) is 4. The van der Waals surface area contributed by atoms with Crippen LogP contribution in [0.4, 0.5) is 0 Å². The van der Waals surface area contributed by atoms with E-state index in [2.05, 4.69) is 0 Å². The Bertz CT molecular complexity index is 136. The third-order valence-electron chi connectivity index (χ3n) is 2.36. The number of aliphatic hydroxyl groups is 3. The fourth-order valence-electron chi connectivity index (χ4n) is 1.78. The molecule has 0 spiro atoms. The van der Waals surface area contributed by atoms with Crippen LogP contribution in [-0.4, -0.2) is 39.9 Å². The minimum Gasteiger partial charge on any atom is -0.393 e. The third-order valence-corrected chi connectivity index (χ3v) is 2.36. The first-order valence-corrected chi connectivity index (χ1v) is 4.22. The van der Waals surface area contributed by atoms with Crippen molar-refractivity contribution in [2.24, 2.45) is 5.92 Å². The van der Waals surface area contributed by atoms with Crippen LogP contribution in [-0.2, 0) is 4.74 Å². The van der Waals surface area contributed by atoms with Crippen molar-refractivity contribution in [3.8, 4) is 0 Å². The Hall–Kier alpha value is -0.160. The number of aliphatic hydroxyl groups excluding tert-OH is 3. The molecule has 12 heavy (non-hydrogen) atoms. The fourth-order valence-corrected chi connectivity index (χ4v) is 1.78. The molecule has 0 saturated carbocycles. The third kappa shape index (κ3) is 1.95. The molecule has 5 atom stereocenters. The topological polar surface area (TPSA) is 69.9 Å². The summed E-state index contributed by atoms with van der Waals surface area (Å²) >= 11 is 0. The quantitative estimate of drug-likeness (QED) is 0.502. The molecule has 1 fully saturated rings. The second-order valence-corrected chi connectivity index (χ2v) is 3.42. The molecule has 1 aliphatic rings. The maximum absolute atomic E-state index is 9.48. The molecule has 72 valence electrons. The summed E-state index contributed by atoms with van der Waals surface area (Å²) in [6, 6.07) is 0. The van der Waals surface area contributed by atoms with Crippen molar-refractivity contribution in [3.63, 3.8) is 0 Å². The van der Waals surface area contributed by atoms with Gasteiger partial charge < -0.3 is 20.1 Å². The van der Waals surface area contributed by atoms with Crippen LogP contribution in [0.2, 0.25) is 0 Å². The van der Waals surface area contributed by atoms with Gasteiger partial charge in [0, 0.05) is 12.3 Å². The monoisotopic (exact) mass is 176 g/mol. The Morgan fingerprint density at radius 1 is 1.42 bits per heavy atom. The van der Waals surface area contributed by atoms with Crippen LogP contribution in [0.15, 0.2) is 0 Å². The van der Waals surface area contributed by atoms with Crippen LogP contribution in [0.25, 0.3) is 0 Å². The summed E-state index contributed by atoms with van der Waals surface area (Å²) in [4.78, 5) is 0. The SMILES string of the molecule is CC(O)C1C(O)CC(O)OC1C. The van der Waals surface area contributed by atoms with Gasteiger partial charge in [-0.3, -0.25) is 0 Å². The zero-order valence-corrected chi connectivity index (χ0v) is 7.34. The van der Waals surface area contributed by atoms with Crippen LogP contribution >= 0.6 is 0 Å². The average Bonchev–Trinajstić information content (AvgIpc) is 1.82. The lowest BCUT2D eigenvalue weighted by atomic mass is 9.87. The van der Waals surface area contributed by atoms with E-state index in [1.165, 1.54) is 0 Å². The average molecular weight is 176 g/mol. The highest BCUT2D eigenvalue weighted by atomic mass is 16.6. The van der Waals surface area contributed by atoms with Crippen LogP contribution < -0.4 is 0 Å². The first kappa shape index (κ1) is 9.92. The van der Waals surface area contributed by atoms with Crippen molar-refractivity contribution in [3.05, 3.63) is 0 Å². The predicted molar refractivity (Wildman–Crippen MR) is 42.3 cm³/mol. The van der Waals surface area contributed by atoms with Gasteiger partial charge in [0.2, 0.25) is 0 Å². The van der Waals surface area contributed by atoms with Crippen molar-refractivity contribution < 1.29 is 20.1 Å². The maximum Gasteiger partial charge on any atom is 0.157 e. The lowest BCUT2D eigenvalue weighted by Crippen LogP contribution is -2.47. The molecule has 3 N–H and O–H groups in total. The second kappa shape index (κ2) is 3.70. The highest BCUT2D eigenvalue weighted by molar-refractivity contribution is 4.83. The van der Waals surface area contributed by atoms with Gasteiger partial charge in [0.05, 0.1) is 18.3 Å². The summed E-state index contributed by atoms with van der Waals surface area (Å²) in [6.45, 7) is 3.36. The summed E-state index contributed by atoms with van der Waals surface area (Å²) in [5.74, 6) is -0.298. The van der Waals surface area contributed by atoms with Crippen LogP contribution in [0.3, 0.4) is 0 Å². The van der Waals surface area contributed by atoms with E-state index in [9.17, 15) is 10.2 Å². The molecule has 0 aromatic heterocycles. The molecule has 4 heteroatoms. The van der Waals surface area contributed by atoms with E-state index < -0.39 is 18.5 Å². The molecule has 4 nitrogen and oxygen atoms in total. The van der Waals surface area contributed by atoms with E-state index in [1.54, 1.807) is 13.8 Å². The molecule has 0 amide bonds. The van der Waals surface area contributed by atoms with Crippen LogP contribution in [0.1, 0.15) is 20.3 Å². The van der Waals surface area contributed by atoms with E-state index in [0.29, 0.717) is 0 Å². The fraction of sp³-hybridized carbons (Fsp3) is 1.00. The second-order valence-electron chi connectivity index (χ2n) is 3.42. The van der Waals surface area contributed by atoms with E-state index in [4.69, 9.17) is 9.84 Å². The molecule has 5 unspecified atom stereocenters. The smallest absolute Gasteiger partial charge is 0.157 e. The van der Waals surface area contributed by atoms with Gasteiger partial charge >= 0.3 is 0 Å². The standard InChI is InChI=1S/C8H16O4/c1-4(9)8-5(2)12-7(11)3-6(8)10/h4-11H,3H2,1-2H3. The molecular weight excluding hydrogens is 160 g/mol. The van der Waals surface area contributed by atoms with Gasteiger partial charge in [0.15, 0.2) is 6.29 Å². The summed E-state index contributed by atoms with van der Waals surface area (Å²) in [5, 5.41) is 27.8. The first-order valence-electron chi connectivity index (χ1n) is 4.22. The van der Waals surface area contributed by atoms with Crippen molar-refractivity contribution in [2.45, 2.75) is 44.9 Å². The predicted octanol–water partition coefficient (Wildman–Crippen LogP) is -0.528. The Kier molecular flexibility index (Phi) is 3.06. The summed E-state index contributed by atoms with van der Waals surface area (Å²) in [6.07, 6.45) is -2.31. The first-order chi connectivity index (χ1) is 5.52. The van der Waals surface area contributed by atoms with Crippen molar-refractivity contribution in [1.29, 1.82) is 0 Å². The van der Waals surface area contributed by atoms with E-state index >= 15 is 0 Å². The molecule has 1 saturated heterocycles. The molecule has 0 radical (unpaired) electrons. The van der Waals surface area contributed by atoms with E-state index in [1.807, 2.05) is 0 Å². The summed E-state index contributed by atoms with van der Waals surface area (Å²) in [5.41, 5.74) is 0. The normalized spacial score (nSPS) is 45.8.